The fourth-order valence-corrected chi connectivity index (χ4v) is 1.98. The molecule has 0 saturated heterocycles. The highest BCUT2D eigenvalue weighted by Gasteiger charge is 2.18. The number of hydrogen-bond donors (Lipinski definition) is 1. The van der Waals surface area contributed by atoms with E-state index in [4.69, 9.17) is 4.55 Å². The third-order valence-corrected chi connectivity index (χ3v) is 3.13. The number of hydrogen-bond acceptors (Lipinski definition) is 2. The Morgan fingerprint density at radius 1 is 1.31 bits per heavy atom. The van der Waals surface area contributed by atoms with Gasteiger partial charge in [-0.25, -0.2) is 0 Å². The summed E-state index contributed by atoms with van der Waals surface area (Å²) in [7, 11) is -4.07. The minimum atomic E-state index is -4.07. The van der Waals surface area contributed by atoms with E-state index in [1.807, 2.05) is 25.1 Å². The molecule has 1 aromatic rings. The summed E-state index contributed by atoms with van der Waals surface area (Å²) >= 11 is 0. The minimum Gasteiger partial charge on any atom is -0.285 e. The zero-order chi connectivity index (χ0) is 12.0. The van der Waals surface area contributed by atoms with E-state index in [2.05, 4.69) is 11.8 Å². The summed E-state index contributed by atoms with van der Waals surface area (Å²) in [5, 5.41) is -0.988. The summed E-state index contributed by atoms with van der Waals surface area (Å²) < 4.78 is 30.9. The van der Waals surface area contributed by atoms with Crippen molar-refractivity contribution in [2.45, 2.75) is 25.0 Å². The van der Waals surface area contributed by atoms with E-state index >= 15 is 0 Å². The monoisotopic (exact) mass is 238 g/mol. The Morgan fingerprint density at radius 2 is 1.94 bits per heavy atom. The summed E-state index contributed by atoms with van der Waals surface area (Å²) in [5.74, 6) is 5.34. The first-order valence-electron chi connectivity index (χ1n) is 5.07. The van der Waals surface area contributed by atoms with Crippen molar-refractivity contribution in [1.82, 2.24) is 0 Å². The van der Waals surface area contributed by atoms with Gasteiger partial charge in [-0.15, -0.1) is 0 Å². The zero-order valence-corrected chi connectivity index (χ0v) is 9.87. The quantitative estimate of drug-likeness (QED) is 0.648. The van der Waals surface area contributed by atoms with E-state index in [0.717, 1.165) is 5.56 Å². The largest absolute Gasteiger partial charge is 0.285 e. The lowest BCUT2D eigenvalue weighted by molar-refractivity contribution is 0.472. The molecule has 3 nitrogen and oxygen atoms in total. The molecule has 0 saturated carbocycles. The Balaban J connectivity index is 2.89. The van der Waals surface area contributed by atoms with Gasteiger partial charge >= 0.3 is 0 Å². The van der Waals surface area contributed by atoms with E-state index < -0.39 is 15.4 Å². The maximum Gasteiger partial charge on any atom is 0.279 e. The first-order chi connectivity index (χ1) is 7.54. The van der Waals surface area contributed by atoms with E-state index in [-0.39, 0.29) is 0 Å². The maximum absolute atomic E-state index is 11.0. The van der Waals surface area contributed by atoms with Crippen molar-refractivity contribution in [2.75, 3.05) is 0 Å². The van der Waals surface area contributed by atoms with Crippen LogP contribution < -0.4 is 0 Å². The Morgan fingerprint density at radius 3 is 2.44 bits per heavy atom. The predicted octanol–water partition coefficient (Wildman–Crippen LogP) is 2.09. The second kappa shape index (κ2) is 5.69. The van der Waals surface area contributed by atoms with E-state index in [0.29, 0.717) is 12.8 Å². The lowest BCUT2D eigenvalue weighted by Crippen LogP contribution is -2.18. The molecule has 1 aromatic carbocycles. The van der Waals surface area contributed by atoms with Crippen LogP contribution in [0, 0.1) is 11.8 Å². The molecule has 16 heavy (non-hydrogen) atoms. The fraction of sp³-hybridized carbons (Fsp3) is 0.333. The molecule has 1 unspecified atom stereocenters. The third kappa shape index (κ3) is 4.05. The molecule has 1 rings (SSSR count). The molecular formula is C12H14O3S. The Bertz CT molecular complexity index is 480. The molecule has 0 aliphatic heterocycles. The van der Waals surface area contributed by atoms with Gasteiger partial charge in [0.2, 0.25) is 0 Å². The minimum absolute atomic E-state index is 0.346. The highest BCUT2D eigenvalue weighted by atomic mass is 32.2. The van der Waals surface area contributed by atoms with Crippen LogP contribution in [0.5, 0.6) is 0 Å². The Hall–Kier alpha value is -1.31. The van der Waals surface area contributed by atoms with Crippen LogP contribution in [0.1, 0.15) is 25.3 Å². The van der Waals surface area contributed by atoms with Gasteiger partial charge in [0.1, 0.15) is 5.25 Å². The maximum atomic E-state index is 11.0. The standard InChI is InChI=1S/C12H14O3S/c1-2-6-12(16(13,14)15)10-9-11-7-4-3-5-8-11/h3-5,7-8,12H,2,6H2,1H3,(H,13,14,15). The van der Waals surface area contributed by atoms with Crippen LogP contribution in [0.3, 0.4) is 0 Å². The highest BCUT2D eigenvalue weighted by molar-refractivity contribution is 7.86. The van der Waals surface area contributed by atoms with Crippen LogP contribution in [0.2, 0.25) is 0 Å². The SMILES string of the molecule is CCCC(C#Cc1ccccc1)S(=O)(=O)O. The van der Waals surface area contributed by atoms with Crippen molar-refractivity contribution < 1.29 is 13.0 Å². The summed E-state index contributed by atoms with van der Waals surface area (Å²) in [6.07, 6.45) is 1.01. The topological polar surface area (TPSA) is 54.4 Å². The number of rotatable bonds is 3. The molecule has 0 spiro atoms. The van der Waals surface area contributed by atoms with E-state index in [1.54, 1.807) is 12.1 Å². The van der Waals surface area contributed by atoms with E-state index in [9.17, 15) is 8.42 Å². The van der Waals surface area contributed by atoms with Crippen molar-refractivity contribution in [1.29, 1.82) is 0 Å². The highest BCUT2D eigenvalue weighted by Crippen LogP contribution is 2.06. The molecule has 0 aliphatic rings. The molecule has 0 aromatic heterocycles. The molecule has 1 atom stereocenters. The van der Waals surface area contributed by atoms with Crippen LogP contribution in [-0.2, 0) is 10.1 Å². The van der Waals surface area contributed by atoms with Gasteiger partial charge in [-0.3, -0.25) is 4.55 Å². The number of benzene rings is 1. The molecule has 0 amide bonds. The van der Waals surface area contributed by atoms with Crippen molar-refractivity contribution in [2.24, 2.45) is 0 Å². The van der Waals surface area contributed by atoms with E-state index in [1.165, 1.54) is 0 Å². The zero-order valence-electron chi connectivity index (χ0n) is 9.05. The van der Waals surface area contributed by atoms with Gasteiger partial charge in [-0.1, -0.05) is 43.4 Å². The average Bonchev–Trinajstić information content (AvgIpc) is 2.24. The molecule has 4 heteroatoms. The Kier molecular flexibility index (Phi) is 4.53. The second-order valence-corrected chi connectivity index (χ2v) is 5.03. The molecule has 0 bridgehead atoms. The van der Waals surface area contributed by atoms with Crippen molar-refractivity contribution in [3.05, 3.63) is 35.9 Å². The summed E-state index contributed by atoms with van der Waals surface area (Å²) in [6, 6.07) is 9.09. The average molecular weight is 238 g/mol. The van der Waals surface area contributed by atoms with Gasteiger partial charge in [0, 0.05) is 5.56 Å². The lowest BCUT2D eigenvalue weighted by atomic mass is 10.2. The molecular weight excluding hydrogens is 224 g/mol. The van der Waals surface area contributed by atoms with Gasteiger partial charge in [-0.2, -0.15) is 8.42 Å². The normalized spacial score (nSPS) is 12.6. The Labute approximate surface area is 96.2 Å². The van der Waals surface area contributed by atoms with Crippen LogP contribution in [0.15, 0.2) is 30.3 Å². The summed E-state index contributed by atoms with van der Waals surface area (Å²) in [4.78, 5) is 0. The summed E-state index contributed by atoms with van der Waals surface area (Å²) in [6.45, 7) is 1.85. The molecule has 0 fully saturated rings. The summed E-state index contributed by atoms with van der Waals surface area (Å²) in [5.41, 5.74) is 0.743. The van der Waals surface area contributed by atoms with Crippen LogP contribution in [0.25, 0.3) is 0 Å². The molecule has 86 valence electrons. The molecule has 1 N–H and O–H groups in total. The van der Waals surface area contributed by atoms with Gasteiger partial charge in [-0.05, 0) is 18.6 Å². The smallest absolute Gasteiger partial charge is 0.279 e. The lowest BCUT2D eigenvalue weighted by Gasteiger charge is -2.04. The van der Waals surface area contributed by atoms with Crippen molar-refractivity contribution in [3.63, 3.8) is 0 Å². The van der Waals surface area contributed by atoms with Crippen LogP contribution in [0.4, 0.5) is 0 Å². The van der Waals surface area contributed by atoms with Gasteiger partial charge in [0.05, 0.1) is 0 Å². The second-order valence-electron chi connectivity index (χ2n) is 3.43. The first-order valence-corrected chi connectivity index (χ1v) is 6.57. The molecule has 0 radical (unpaired) electrons. The van der Waals surface area contributed by atoms with Crippen LogP contribution >= 0.6 is 0 Å². The van der Waals surface area contributed by atoms with Gasteiger partial charge in [0.25, 0.3) is 10.1 Å². The van der Waals surface area contributed by atoms with Crippen molar-refractivity contribution >= 4 is 10.1 Å². The third-order valence-electron chi connectivity index (χ3n) is 2.06. The fourth-order valence-electron chi connectivity index (χ4n) is 1.24. The molecule has 0 aliphatic carbocycles. The predicted molar refractivity (Wildman–Crippen MR) is 63.6 cm³/mol. The van der Waals surface area contributed by atoms with Gasteiger partial charge in [0.15, 0.2) is 0 Å². The van der Waals surface area contributed by atoms with Crippen molar-refractivity contribution in [3.8, 4) is 11.8 Å². The van der Waals surface area contributed by atoms with Crippen LogP contribution in [-0.4, -0.2) is 18.2 Å². The van der Waals surface area contributed by atoms with Gasteiger partial charge < -0.3 is 0 Å². The first kappa shape index (κ1) is 12.8. The molecule has 0 heterocycles.